The molecule has 5 rings (SSSR count). The van der Waals surface area contributed by atoms with Crippen LogP contribution < -0.4 is 5.49 Å². The fourth-order valence-electron chi connectivity index (χ4n) is 4.51. The highest BCUT2D eigenvalue weighted by molar-refractivity contribution is 9.10. The fraction of sp³-hybridized carbons (Fsp3) is 0.222. The number of rotatable bonds is 6. The van der Waals surface area contributed by atoms with Gasteiger partial charge < -0.3 is 19.2 Å². The largest absolute Gasteiger partial charge is 0.459 e. The molecule has 0 bridgehead atoms. The van der Waals surface area contributed by atoms with E-state index in [1.165, 1.54) is 30.0 Å². The second-order valence-electron chi connectivity index (χ2n) is 8.98. The summed E-state index contributed by atoms with van der Waals surface area (Å²) in [6.07, 6.45) is -2.92. The average molecular weight is 594 g/mol. The van der Waals surface area contributed by atoms with Crippen LogP contribution in [0, 0.1) is 16.7 Å². The van der Waals surface area contributed by atoms with Gasteiger partial charge in [0.15, 0.2) is 23.5 Å². The zero-order valence-electron chi connectivity index (χ0n) is 20.4. The van der Waals surface area contributed by atoms with E-state index in [1.807, 2.05) is 6.07 Å². The Balaban J connectivity index is 1.51. The summed E-state index contributed by atoms with van der Waals surface area (Å²) >= 11 is 3.26. The molecule has 1 fully saturated rings. The number of benzene rings is 2. The zero-order valence-corrected chi connectivity index (χ0v) is 22.0. The highest BCUT2D eigenvalue weighted by Gasteiger charge is 2.58. The van der Waals surface area contributed by atoms with Crippen LogP contribution in [0.15, 0.2) is 71.6 Å². The number of nitrogens with one attached hydrogen (secondary N) is 2. The molecular weight excluding hydrogens is 573 g/mol. The van der Waals surface area contributed by atoms with Gasteiger partial charge >= 0.3 is 11.9 Å². The summed E-state index contributed by atoms with van der Waals surface area (Å²) in [6.45, 7) is 0.790. The van der Waals surface area contributed by atoms with E-state index in [0.717, 1.165) is 0 Å². The van der Waals surface area contributed by atoms with E-state index in [9.17, 15) is 14.9 Å². The van der Waals surface area contributed by atoms with E-state index in [4.69, 9.17) is 19.6 Å². The number of fused-ring (bicyclic) bond motifs is 1. The average Bonchev–Trinajstić information content (AvgIpc) is 3.41. The fourth-order valence-corrected chi connectivity index (χ4v) is 4.98. The number of aromatic nitrogens is 3. The monoisotopic (exact) mass is 593 g/mol. The molecule has 198 valence electrons. The number of halogens is 2. The van der Waals surface area contributed by atoms with Crippen LogP contribution in [0.4, 0.5) is 4.39 Å². The Bertz CT molecular complexity index is 1650. The lowest BCUT2D eigenvalue weighted by Gasteiger charge is -2.28. The molecule has 1 saturated heterocycles. The number of nitrogens with zero attached hydrogens (tertiary/aromatic N) is 3. The maximum atomic E-state index is 16.7. The smallest absolute Gasteiger partial charge is 0.338 e. The maximum absolute atomic E-state index is 16.7. The molecule has 4 aromatic rings. The zero-order chi connectivity index (χ0) is 27.7. The molecule has 0 radical (unpaired) electrons. The SMILES string of the molecule is CC1(F)C(OC(=O)c2ccccc2)C(COC(=O)c2ccccc2)OC1n1cnc(=N)c2c(C#N)c(Br)[nH]c21. The predicted octanol–water partition coefficient (Wildman–Crippen LogP) is 4.19. The lowest BCUT2D eigenvalue weighted by atomic mass is 9.98. The van der Waals surface area contributed by atoms with E-state index in [-0.39, 0.29) is 32.3 Å². The third kappa shape index (κ3) is 4.82. The van der Waals surface area contributed by atoms with E-state index < -0.39 is 42.7 Å². The van der Waals surface area contributed by atoms with Crippen LogP contribution in [0.1, 0.15) is 39.4 Å². The predicted molar refractivity (Wildman–Crippen MR) is 138 cm³/mol. The number of carbonyl (C=O) groups is 2. The topological polar surface area (TPSA) is 143 Å². The summed E-state index contributed by atoms with van der Waals surface area (Å²) in [4.78, 5) is 32.5. The molecule has 0 amide bonds. The number of nitriles is 1. The summed E-state index contributed by atoms with van der Waals surface area (Å²) in [7, 11) is 0. The molecule has 4 atom stereocenters. The molecule has 2 N–H and O–H groups in total. The highest BCUT2D eigenvalue weighted by atomic mass is 79.9. The standard InChI is InChI=1S/C27H21BrFN5O5/c1-27(29)20(39-25(36)16-10-6-3-7-11-16)18(13-37-24(35)15-8-4-2-5-9-15)38-26(27)34-14-32-22(31)19-17(12-30)21(28)33-23(19)34/h2-11,14,18,20,26,31,33H,13H2,1H3. The molecule has 3 heterocycles. The van der Waals surface area contributed by atoms with Gasteiger partial charge in [-0.05, 0) is 47.1 Å². The molecule has 0 spiro atoms. The first kappa shape index (κ1) is 26.3. The second kappa shape index (κ2) is 10.4. The molecule has 39 heavy (non-hydrogen) atoms. The van der Waals surface area contributed by atoms with Crippen molar-refractivity contribution in [3.05, 3.63) is 93.8 Å². The molecule has 2 aromatic carbocycles. The molecular formula is C27H21BrFN5O5. The molecule has 4 unspecified atom stereocenters. The van der Waals surface area contributed by atoms with Crippen LogP contribution in [-0.2, 0) is 14.2 Å². The van der Waals surface area contributed by atoms with Gasteiger partial charge in [-0.3, -0.25) is 9.98 Å². The van der Waals surface area contributed by atoms with Gasteiger partial charge in [0.2, 0.25) is 0 Å². The first-order valence-corrected chi connectivity index (χ1v) is 12.6. The summed E-state index contributed by atoms with van der Waals surface area (Å²) < 4.78 is 35.4. The van der Waals surface area contributed by atoms with Crippen LogP contribution in [0.25, 0.3) is 11.0 Å². The van der Waals surface area contributed by atoms with Gasteiger partial charge in [-0.2, -0.15) is 5.26 Å². The lowest BCUT2D eigenvalue weighted by Crippen LogP contribution is -2.44. The molecule has 2 aromatic heterocycles. The van der Waals surface area contributed by atoms with Crippen molar-refractivity contribution in [1.82, 2.24) is 14.5 Å². The van der Waals surface area contributed by atoms with Crippen LogP contribution in [0.5, 0.6) is 0 Å². The van der Waals surface area contributed by atoms with Gasteiger partial charge in [-0.25, -0.2) is 19.0 Å². The third-order valence-electron chi connectivity index (χ3n) is 6.42. The highest BCUT2D eigenvalue weighted by Crippen LogP contribution is 2.44. The Labute approximate surface area is 229 Å². The van der Waals surface area contributed by atoms with Crippen molar-refractivity contribution in [2.24, 2.45) is 0 Å². The van der Waals surface area contributed by atoms with Gasteiger partial charge in [0.05, 0.1) is 22.1 Å². The van der Waals surface area contributed by atoms with Gasteiger partial charge in [0.1, 0.15) is 35.4 Å². The van der Waals surface area contributed by atoms with Gasteiger partial charge in [-0.15, -0.1) is 0 Å². The Kier molecular flexibility index (Phi) is 7.03. The van der Waals surface area contributed by atoms with Crippen molar-refractivity contribution < 1.29 is 28.2 Å². The van der Waals surface area contributed by atoms with Crippen LogP contribution in [0.2, 0.25) is 0 Å². The first-order valence-electron chi connectivity index (χ1n) is 11.8. The van der Waals surface area contributed by atoms with Gasteiger partial charge in [0.25, 0.3) is 0 Å². The summed E-state index contributed by atoms with van der Waals surface area (Å²) in [6, 6.07) is 18.3. The van der Waals surface area contributed by atoms with Gasteiger partial charge in [0, 0.05) is 0 Å². The Morgan fingerprint density at radius 1 is 1.18 bits per heavy atom. The van der Waals surface area contributed by atoms with Crippen LogP contribution >= 0.6 is 15.9 Å². The van der Waals surface area contributed by atoms with Crippen LogP contribution in [-0.4, -0.2) is 51.0 Å². The van der Waals surface area contributed by atoms with Crippen molar-refractivity contribution in [2.45, 2.75) is 31.0 Å². The molecule has 1 aliphatic heterocycles. The first-order chi connectivity index (χ1) is 18.7. The summed E-state index contributed by atoms with van der Waals surface area (Å²) in [5.74, 6) is -1.43. The number of alkyl halides is 1. The number of hydrogen-bond donors (Lipinski definition) is 2. The van der Waals surface area contributed by atoms with Crippen LogP contribution in [0.3, 0.4) is 0 Å². The quantitative estimate of drug-likeness (QED) is 0.319. The van der Waals surface area contributed by atoms with Crippen molar-refractivity contribution in [3.8, 4) is 6.07 Å². The molecule has 10 nitrogen and oxygen atoms in total. The summed E-state index contributed by atoms with van der Waals surface area (Å²) in [5.41, 5.74) is -1.74. The second-order valence-corrected chi connectivity index (χ2v) is 9.78. The van der Waals surface area contributed by atoms with Crippen molar-refractivity contribution >= 4 is 38.9 Å². The van der Waals surface area contributed by atoms with E-state index in [1.54, 1.807) is 48.5 Å². The van der Waals surface area contributed by atoms with E-state index in [2.05, 4.69) is 25.9 Å². The number of esters is 2. The number of H-pyrrole nitrogens is 1. The lowest BCUT2D eigenvalue weighted by molar-refractivity contribution is -0.0615. The third-order valence-corrected chi connectivity index (χ3v) is 7.01. The Hall–Kier alpha value is -4.34. The molecule has 1 aliphatic rings. The summed E-state index contributed by atoms with van der Waals surface area (Å²) in [5, 5.41) is 17.9. The van der Waals surface area contributed by atoms with Gasteiger partial charge in [-0.1, -0.05) is 36.4 Å². The van der Waals surface area contributed by atoms with Crippen molar-refractivity contribution in [2.75, 3.05) is 6.61 Å². The minimum Gasteiger partial charge on any atom is -0.459 e. The van der Waals surface area contributed by atoms with E-state index >= 15 is 4.39 Å². The van der Waals surface area contributed by atoms with Crippen molar-refractivity contribution in [1.29, 1.82) is 10.7 Å². The Morgan fingerprint density at radius 3 is 2.41 bits per heavy atom. The Morgan fingerprint density at radius 2 is 1.79 bits per heavy atom. The molecule has 0 saturated carbocycles. The minimum atomic E-state index is -2.36. The van der Waals surface area contributed by atoms with Crippen molar-refractivity contribution in [3.63, 3.8) is 0 Å². The number of aromatic amines is 1. The molecule has 12 heteroatoms. The maximum Gasteiger partial charge on any atom is 0.338 e. The normalized spacial score (nSPS) is 22.4. The number of carbonyl (C=O) groups excluding carboxylic acids is 2. The van der Waals surface area contributed by atoms with E-state index in [0.29, 0.717) is 5.56 Å². The number of hydrogen-bond acceptors (Lipinski definition) is 8. The minimum absolute atomic E-state index is 0.121. The number of ether oxygens (including phenoxy) is 3. The molecule has 0 aliphatic carbocycles.